The first-order valence-electron chi connectivity index (χ1n) is 4.22. The van der Waals surface area contributed by atoms with Crippen LogP contribution in [-0.2, 0) is 9.53 Å². The van der Waals surface area contributed by atoms with Crippen molar-refractivity contribution >= 4 is 17.7 Å². The number of nitrogens with one attached hydrogen (secondary N) is 1. The Labute approximate surface area is 81.2 Å². The van der Waals surface area contributed by atoms with Crippen LogP contribution >= 0.6 is 11.8 Å². The Kier molecular flexibility index (Phi) is 2.07. The molecule has 1 unspecified atom stereocenters. The van der Waals surface area contributed by atoms with Crippen molar-refractivity contribution in [2.45, 2.75) is 26.5 Å². The third kappa shape index (κ3) is 1.58. The Morgan fingerprint density at radius 1 is 1.69 bits per heavy atom. The highest BCUT2D eigenvalue weighted by molar-refractivity contribution is 8.07. The fourth-order valence-electron chi connectivity index (χ4n) is 1.36. The maximum Gasteiger partial charge on any atom is 0.290 e. The molecule has 1 fully saturated rings. The van der Waals surface area contributed by atoms with E-state index in [1.54, 1.807) is 11.8 Å². The average Bonchev–Trinajstić information content (AvgIpc) is 2.58. The van der Waals surface area contributed by atoms with E-state index in [9.17, 15) is 4.79 Å². The Hall–Kier alpha value is -0.900. The smallest absolute Gasteiger partial charge is 0.290 e. The van der Waals surface area contributed by atoms with Gasteiger partial charge >= 0.3 is 0 Å². The Morgan fingerprint density at radius 3 is 2.92 bits per heavy atom. The lowest BCUT2D eigenvalue weighted by molar-refractivity contribution is -0.116. The first-order valence-corrected chi connectivity index (χ1v) is 5.04. The van der Waals surface area contributed by atoms with E-state index in [-0.39, 0.29) is 12.1 Å². The standard InChI is InChI=1S/C9H11NO2S/c1-5-3-4-7(13-5)8-9(11)10-6(2)12-8/h3,6H,4H2,1-2H3,(H,10,11). The van der Waals surface area contributed by atoms with Gasteiger partial charge in [0.15, 0.2) is 12.0 Å². The molecular formula is C9H11NO2S. The number of amides is 1. The molecule has 1 N–H and O–H groups in total. The van der Waals surface area contributed by atoms with Crippen molar-refractivity contribution in [1.82, 2.24) is 5.32 Å². The highest BCUT2D eigenvalue weighted by atomic mass is 32.2. The van der Waals surface area contributed by atoms with Gasteiger partial charge in [-0.1, -0.05) is 17.8 Å². The molecule has 13 heavy (non-hydrogen) atoms. The fraction of sp³-hybridized carbons (Fsp3) is 0.444. The van der Waals surface area contributed by atoms with E-state index in [0.717, 1.165) is 11.3 Å². The Morgan fingerprint density at radius 2 is 2.46 bits per heavy atom. The maximum atomic E-state index is 11.3. The number of hydrogen-bond acceptors (Lipinski definition) is 3. The first-order chi connectivity index (χ1) is 6.16. The van der Waals surface area contributed by atoms with Crippen LogP contribution in [0.4, 0.5) is 0 Å². The first kappa shape index (κ1) is 8.69. The Balaban J connectivity index is 2.21. The summed E-state index contributed by atoms with van der Waals surface area (Å²) in [7, 11) is 0. The zero-order valence-electron chi connectivity index (χ0n) is 7.59. The summed E-state index contributed by atoms with van der Waals surface area (Å²) in [4.78, 5) is 13.6. The van der Waals surface area contributed by atoms with Gasteiger partial charge in [-0.3, -0.25) is 4.79 Å². The molecule has 2 rings (SSSR count). The summed E-state index contributed by atoms with van der Waals surface area (Å²) >= 11 is 1.62. The van der Waals surface area contributed by atoms with E-state index in [0.29, 0.717) is 5.76 Å². The van der Waals surface area contributed by atoms with Gasteiger partial charge in [-0.05, 0) is 18.8 Å². The molecule has 0 saturated carbocycles. The van der Waals surface area contributed by atoms with Gasteiger partial charge in [0, 0.05) is 11.3 Å². The number of hydrogen-bond donors (Lipinski definition) is 1. The number of thioether (sulfide) groups is 1. The molecule has 0 aromatic heterocycles. The summed E-state index contributed by atoms with van der Waals surface area (Å²) in [5.41, 5.74) is 0. The van der Waals surface area contributed by atoms with E-state index >= 15 is 0 Å². The van der Waals surface area contributed by atoms with E-state index < -0.39 is 0 Å². The molecule has 3 nitrogen and oxygen atoms in total. The van der Waals surface area contributed by atoms with E-state index in [4.69, 9.17) is 4.74 Å². The Bertz CT molecular complexity index is 320. The zero-order valence-corrected chi connectivity index (χ0v) is 8.40. The van der Waals surface area contributed by atoms with Gasteiger partial charge in [-0.15, -0.1) is 0 Å². The second-order valence-electron chi connectivity index (χ2n) is 3.11. The van der Waals surface area contributed by atoms with E-state index in [1.165, 1.54) is 4.91 Å². The van der Waals surface area contributed by atoms with Gasteiger partial charge in [0.2, 0.25) is 0 Å². The topological polar surface area (TPSA) is 38.3 Å². The minimum Gasteiger partial charge on any atom is -0.464 e. The monoisotopic (exact) mass is 197 g/mol. The minimum atomic E-state index is -0.184. The molecule has 0 aromatic carbocycles. The van der Waals surface area contributed by atoms with Crippen LogP contribution in [0.25, 0.3) is 0 Å². The minimum absolute atomic E-state index is 0.0851. The lowest BCUT2D eigenvalue weighted by Gasteiger charge is -2.02. The third-order valence-electron chi connectivity index (χ3n) is 1.95. The number of allylic oxidation sites excluding steroid dienone is 3. The molecule has 0 radical (unpaired) electrons. The van der Waals surface area contributed by atoms with Crippen LogP contribution < -0.4 is 5.32 Å². The lowest BCUT2D eigenvalue weighted by Crippen LogP contribution is -2.22. The summed E-state index contributed by atoms with van der Waals surface area (Å²) < 4.78 is 5.37. The van der Waals surface area contributed by atoms with Crippen molar-refractivity contribution in [2.24, 2.45) is 0 Å². The van der Waals surface area contributed by atoms with Crippen molar-refractivity contribution < 1.29 is 9.53 Å². The zero-order chi connectivity index (χ0) is 9.42. The number of rotatable bonds is 0. The van der Waals surface area contributed by atoms with Crippen LogP contribution in [0.15, 0.2) is 21.6 Å². The molecule has 0 bridgehead atoms. The van der Waals surface area contributed by atoms with Crippen molar-refractivity contribution in [1.29, 1.82) is 0 Å². The van der Waals surface area contributed by atoms with Gasteiger partial charge in [0.05, 0.1) is 0 Å². The summed E-state index contributed by atoms with van der Waals surface area (Å²) in [6, 6.07) is 0. The number of carbonyl (C=O) groups is 1. The second-order valence-corrected chi connectivity index (χ2v) is 4.45. The number of carbonyl (C=O) groups excluding carboxylic acids is 1. The van der Waals surface area contributed by atoms with Gasteiger partial charge in [-0.2, -0.15) is 0 Å². The van der Waals surface area contributed by atoms with Crippen LogP contribution in [0.5, 0.6) is 0 Å². The summed E-state index contributed by atoms with van der Waals surface area (Å²) in [6.45, 7) is 3.86. The fourth-order valence-corrected chi connectivity index (χ4v) is 2.31. The van der Waals surface area contributed by atoms with E-state index in [1.807, 2.05) is 13.8 Å². The van der Waals surface area contributed by atoms with Gasteiger partial charge in [0.25, 0.3) is 5.91 Å². The molecule has 0 aliphatic carbocycles. The molecule has 0 spiro atoms. The molecule has 2 heterocycles. The van der Waals surface area contributed by atoms with Gasteiger partial charge < -0.3 is 10.1 Å². The molecule has 2 aliphatic heterocycles. The molecule has 2 aliphatic rings. The van der Waals surface area contributed by atoms with Crippen molar-refractivity contribution in [2.75, 3.05) is 0 Å². The molecular weight excluding hydrogens is 186 g/mol. The van der Waals surface area contributed by atoms with Crippen LogP contribution in [0, 0.1) is 0 Å². The largest absolute Gasteiger partial charge is 0.464 e. The number of ether oxygens (including phenoxy) is 1. The van der Waals surface area contributed by atoms with Gasteiger partial charge in [0.1, 0.15) is 0 Å². The van der Waals surface area contributed by atoms with Crippen LogP contribution in [0.1, 0.15) is 20.3 Å². The quantitative estimate of drug-likeness (QED) is 0.601. The molecule has 0 aromatic rings. The normalized spacial score (nSPS) is 32.9. The predicted molar refractivity (Wildman–Crippen MR) is 51.7 cm³/mol. The SMILES string of the molecule is CC1=CCC(=C2OC(C)NC2=O)S1. The highest BCUT2D eigenvalue weighted by Gasteiger charge is 2.29. The lowest BCUT2D eigenvalue weighted by atomic mass is 10.3. The van der Waals surface area contributed by atoms with Crippen LogP contribution in [-0.4, -0.2) is 12.1 Å². The maximum absolute atomic E-state index is 11.3. The van der Waals surface area contributed by atoms with Crippen molar-refractivity contribution in [3.63, 3.8) is 0 Å². The van der Waals surface area contributed by atoms with Crippen LogP contribution in [0.2, 0.25) is 0 Å². The molecule has 70 valence electrons. The second kappa shape index (κ2) is 3.10. The third-order valence-corrected chi connectivity index (χ3v) is 3.03. The highest BCUT2D eigenvalue weighted by Crippen LogP contribution is 2.38. The average molecular weight is 197 g/mol. The molecule has 1 atom stereocenters. The van der Waals surface area contributed by atoms with Crippen LogP contribution in [0.3, 0.4) is 0 Å². The summed E-state index contributed by atoms with van der Waals surface area (Å²) in [6.07, 6.45) is 2.75. The molecule has 1 saturated heterocycles. The molecule has 4 heteroatoms. The van der Waals surface area contributed by atoms with Crippen molar-refractivity contribution in [3.8, 4) is 0 Å². The van der Waals surface area contributed by atoms with Gasteiger partial charge in [-0.25, -0.2) is 0 Å². The van der Waals surface area contributed by atoms with Crippen molar-refractivity contribution in [3.05, 3.63) is 21.6 Å². The van der Waals surface area contributed by atoms with E-state index in [2.05, 4.69) is 11.4 Å². The summed E-state index contributed by atoms with van der Waals surface area (Å²) in [5.74, 6) is 0.420. The predicted octanol–water partition coefficient (Wildman–Crippen LogP) is 1.73. The molecule has 1 amide bonds. The summed E-state index contributed by atoms with van der Waals surface area (Å²) in [5, 5.41) is 2.70.